The molecular formula is C21H31FN4O2. The standard InChI is InChI=1S/C21H31FN4O2/c22-18-5-3-4-17(14-18)19-15-23-24-21(19)16-6-10-25(11-7-16)20(27)8-12-26-9-1-2-13-28-26/h3-5,14,16,19,21,23-24H,1-2,6-13,15H2. The van der Waals surface area contributed by atoms with E-state index in [9.17, 15) is 9.18 Å². The van der Waals surface area contributed by atoms with Crippen LogP contribution in [-0.2, 0) is 9.63 Å². The third-order valence-electron chi connectivity index (χ3n) is 6.35. The first-order valence-electron chi connectivity index (χ1n) is 10.6. The van der Waals surface area contributed by atoms with E-state index >= 15 is 0 Å². The van der Waals surface area contributed by atoms with Gasteiger partial charge >= 0.3 is 0 Å². The fraction of sp³-hybridized carbons (Fsp3) is 0.667. The summed E-state index contributed by atoms with van der Waals surface area (Å²) in [7, 11) is 0. The number of hydrogen-bond acceptors (Lipinski definition) is 5. The maximum Gasteiger partial charge on any atom is 0.223 e. The molecule has 0 aromatic heterocycles. The van der Waals surface area contributed by atoms with Gasteiger partial charge in [0.05, 0.1) is 6.61 Å². The molecule has 0 saturated carbocycles. The molecule has 3 aliphatic rings. The van der Waals surface area contributed by atoms with E-state index in [-0.39, 0.29) is 23.7 Å². The number of benzene rings is 1. The summed E-state index contributed by atoms with van der Waals surface area (Å²) in [5.41, 5.74) is 7.71. The molecule has 0 bridgehead atoms. The second-order valence-electron chi connectivity index (χ2n) is 8.15. The Morgan fingerprint density at radius 2 is 2.07 bits per heavy atom. The number of nitrogens with one attached hydrogen (secondary N) is 2. The van der Waals surface area contributed by atoms with E-state index in [1.54, 1.807) is 12.1 Å². The predicted octanol–water partition coefficient (Wildman–Crippen LogP) is 2.04. The third kappa shape index (κ3) is 4.71. The fourth-order valence-corrected chi connectivity index (χ4v) is 4.73. The summed E-state index contributed by atoms with van der Waals surface area (Å²) < 4.78 is 13.6. The van der Waals surface area contributed by atoms with Gasteiger partial charge in [0.2, 0.25) is 5.91 Å². The molecule has 3 heterocycles. The smallest absolute Gasteiger partial charge is 0.223 e. The number of amides is 1. The number of carbonyl (C=O) groups is 1. The summed E-state index contributed by atoms with van der Waals surface area (Å²) in [6.07, 6.45) is 4.75. The molecule has 0 radical (unpaired) electrons. The molecule has 1 amide bonds. The minimum absolute atomic E-state index is 0.179. The molecule has 2 atom stereocenters. The lowest BCUT2D eigenvalue weighted by Gasteiger charge is -2.37. The Kier molecular flexibility index (Phi) is 6.57. The van der Waals surface area contributed by atoms with Gasteiger partial charge in [0.1, 0.15) is 5.82 Å². The molecular weight excluding hydrogens is 359 g/mol. The SMILES string of the molecule is O=C(CCN1CCCCO1)N1CCC(C2NNCC2c2cccc(F)c2)CC1. The topological polar surface area (TPSA) is 56.8 Å². The number of rotatable bonds is 5. The van der Waals surface area contributed by atoms with Crippen LogP contribution in [0.5, 0.6) is 0 Å². The maximum absolute atomic E-state index is 13.6. The third-order valence-corrected chi connectivity index (χ3v) is 6.35. The van der Waals surface area contributed by atoms with Crippen LogP contribution < -0.4 is 10.9 Å². The van der Waals surface area contributed by atoms with Crippen molar-refractivity contribution in [2.45, 2.75) is 44.1 Å². The molecule has 2 N–H and O–H groups in total. The van der Waals surface area contributed by atoms with E-state index in [1.807, 2.05) is 16.0 Å². The lowest BCUT2D eigenvalue weighted by atomic mass is 9.80. The van der Waals surface area contributed by atoms with Crippen molar-refractivity contribution in [3.05, 3.63) is 35.6 Å². The normalized spacial score (nSPS) is 27.2. The Morgan fingerprint density at radius 3 is 2.82 bits per heavy atom. The molecule has 7 heteroatoms. The van der Waals surface area contributed by atoms with Crippen LogP contribution in [0.3, 0.4) is 0 Å². The molecule has 4 rings (SSSR count). The Hall–Kier alpha value is -1.54. The predicted molar refractivity (Wildman–Crippen MR) is 105 cm³/mol. The minimum atomic E-state index is -0.179. The van der Waals surface area contributed by atoms with Crippen molar-refractivity contribution < 1.29 is 14.0 Å². The maximum atomic E-state index is 13.6. The van der Waals surface area contributed by atoms with E-state index in [2.05, 4.69) is 10.9 Å². The number of hydroxylamine groups is 2. The quantitative estimate of drug-likeness (QED) is 0.806. The van der Waals surface area contributed by atoms with Crippen LogP contribution >= 0.6 is 0 Å². The van der Waals surface area contributed by atoms with Gasteiger partial charge in [-0.1, -0.05) is 12.1 Å². The molecule has 1 aromatic rings. The molecule has 3 aliphatic heterocycles. The highest BCUT2D eigenvalue weighted by Gasteiger charge is 2.37. The zero-order valence-corrected chi connectivity index (χ0v) is 16.4. The van der Waals surface area contributed by atoms with Gasteiger partial charge in [-0.15, -0.1) is 0 Å². The molecule has 6 nitrogen and oxygen atoms in total. The van der Waals surface area contributed by atoms with Crippen LogP contribution in [0.15, 0.2) is 24.3 Å². The van der Waals surface area contributed by atoms with Gasteiger partial charge in [-0.3, -0.25) is 20.5 Å². The second kappa shape index (κ2) is 9.31. The van der Waals surface area contributed by atoms with Crippen LogP contribution in [-0.4, -0.2) is 61.2 Å². The van der Waals surface area contributed by atoms with Crippen molar-refractivity contribution in [3.63, 3.8) is 0 Å². The minimum Gasteiger partial charge on any atom is -0.343 e. The summed E-state index contributed by atoms with van der Waals surface area (Å²) in [4.78, 5) is 20.1. The van der Waals surface area contributed by atoms with Crippen molar-refractivity contribution in [2.75, 3.05) is 39.3 Å². The zero-order chi connectivity index (χ0) is 19.3. The molecule has 2 unspecified atom stereocenters. The van der Waals surface area contributed by atoms with Crippen molar-refractivity contribution >= 4 is 5.91 Å². The Labute approximate surface area is 166 Å². The highest BCUT2D eigenvalue weighted by Crippen LogP contribution is 2.32. The van der Waals surface area contributed by atoms with Gasteiger partial charge in [-0.2, -0.15) is 5.06 Å². The highest BCUT2D eigenvalue weighted by atomic mass is 19.1. The lowest BCUT2D eigenvalue weighted by molar-refractivity contribution is -0.182. The van der Waals surface area contributed by atoms with E-state index in [1.165, 1.54) is 6.07 Å². The number of hydrogen-bond donors (Lipinski definition) is 2. The number of halogens is 1. The van der Waals surface area contributed by atoms with E-state index in [0.717, 1.165) is 64.0 Å². The first-order valence-corrected chi connectivity index (χ1v) is 10.6. The number of hydrazine groups is 1. The molecule has 0 spiro atoms. The Morgan fingerprint density at radius 1 is 1.21 bits per heavy atom. The van der Waals surface area contributed by atoms with Crippen molar-refractivity contribution in [2.24, 2.45) is 5.92 Å². The van der Waals surface area contributed by atoms with E-state index < -0.39 is 0 Å². The largest absolute Gasteiger partial charge is 0.343 e. The summed E-state index contributed by atoms with van der Waals surface area (Å²) in [5.74, 6) is 0.796. The molecule has 28 heavy (non-hydrogen) atoms. The summed E-state index contributed by atoms with van der Waals surface area (Å²) >= 11 is 0. The second-order valence-corrected chi connectivity index (χ2v) is 8.15. The average molecular weight is 391 g/mol. The molecule has 3 fully saturated rings. The number of likely N-dealkylation sites (tertiary alicyclic amines) is 1. The Bertz CT molecular complexity index is 660. The van der Waals surface area contributed by atoms with Gasteiger partial charge in [-0.25, -0.2) is 4.39 Å². The van der Waals surface area contributed by atoms with Gasteiger partial charge in [-0.05, 0) is 49.3 Å². The van der Waals surface area contributed by atoms with E-state index in [4.69, 9.17) is 4.84 Å². The van der Waals surface area contributed by atoms with Gasteiger partial charge < -0.3 is 4.90 Å². The zero-order valence-electron chi connectivity index (χ0n) is 16.4. The number of piperidine rings is 1. The van der Waals surface area contributed by atoms with Crippen LogP contribution in [0.2, 0.25) is 0 Å². The Balaban J connectivity index is 1.26. The number of nitrogens with zero attached hydrogens (tertiary/aromatic N) is 2. The highest BCUT2D eigenvalue weighted by molar-refractivity contribution is 5.76. The average Bonchev–Trinajstić information content (AvgIpc) is 3.23. The fourth-order valence-electron chi connectivity index (χ4n) is 4.73. The van der Waals surface area contributed by atoms with E-state index in [0.29, 0.717) is 18.9 Å². The molecule has 3 saturated heterocycles. The lowest BCUT2D eigenvalue weighted by Crippen LogP contribution is -2.46. The summed E-state index contributed by atoms with van der Waals surface area (Å²) in [6.45, 7) is 4.81. The van der Waals surface area contributed by atoms with Crippen LogP contribution in [0.25, 0.3) is 0 Å². The summed E-state index contributed by atoms with van der Waals surface area (Å²) in [5, 5.41) is 1.94. The number of carbonyl (C=O) groups excluding carboxylic acids is 1. The molecule has 0 aliphatic carbocycles. The van der Waals surface area contributed by atoms with Crippen LogP contribution in [0, 0.1) is 11.7 Å². The van der Waals surface area contributed by atoms with Gasteiger partial charge in [0.25, 0.3) is 0 Å². The van der Waals surface area contributed by atoms with Crippen molar-refractivity contribution in [3.8, 4) is 0 Å². The van der Waals surface area contributed by atoms with Gasteiger partial charge in [0, 0.05) is 51.1 Å². The molecule has 1 aromatic carbocycles. The van der Waals surface area contributed by atoms with Crippen LogP contribution in [0.1, 0.15) is 43.6 Å². The monoisotopic (exact) mass is 390 g/mol. The first-order chi connectivity index (χ1) is 13.7. The van der Waals surface area contributed by atoms with Crippen molar-refractivity contribution in [1.82, 2.24) is 20.8 Å². The van der Waals surface area contributed by atoms with Crippen LogP contribution in [0.4, 0.5) is 4.39 Å². The molecule has 154 valence electrons. The van der Waals surface area contributed by atoms with Gasteiger partial charge in [0.15, 0.2) is 0 Å². The summed E-state index contributed by atoms with van der Waals surface area (Å²) in [6, 6.07) is 7.21. The van der Waals surface area contributed by atoms with Crippen molar-refractivity contribution in [1.29, 1.82) is 0 Å². The first kappa shape index (κ1) is 19.8.